The minimum Gasteiger partial charge on any atom is -0.436 e. The van der Waals surface area contributed by atoms with Crippen LogP contribution in [0.2, 0.25) is 10.0 Å². The molecule has 0 aliphatic rings. The second-order valence-electron chi connectivity index (χ2n) is 6.54. The van der Waals surface area contributed by atoms with Gasteiger partial charge in [0.2, 0.25) is 5.89 Å². The van der Waals surface area contributed by atoms with E-state index in [4.69, 9.17) is 27.6 Å². The molecule has 4 aromatic rings. The van der Waals surface area contributed by atoms with Gasteiger partial charge in [0.1, 0.15) is 5.52 Å². The van der Waals surface area contributed by atoms with Gasteiger partial charge in [-0.2, -0.15) is 0 Å². The quantitative estimate of drug-likeness (QED) is 0.297. The van der Waals surface area contributed by atoms with Crippen LogP contribution in [-0.2, 0) is 0 Å². The van der Waals surface area contributed by atoms with E-state index < -0.39 is 10.8 Å². The van der Waals surface area contributed by atoms with Crippen LogP contribution in [0.3, 0.4) is 0 Å². The van der Waals surface area contributed by atoms with Crippen molar-refractivity contribution in [1.82, 2.24) is 4.98 Å². The fourth-order valence-electron chi connectivity index (χ4n) is 2.97. The molecule has 1 aromatic heterocycles. The van der Waals surface area contributed by atoms with E-state index in [2.05, 4.69) is 10.3 Å². The minimum absolute atomic E-state index is 0.0531. The van der Waals surface area contributed by atoms with E-state index in [1.807, 2.05) is 0 Å². The van der Waals surface area contributed by atoms with Gasteiger partial charge in [0, 0.05) is 27.8 Å². The van der Waals surface area contributed by atoms with Gasteiger partial charge in [0.15, 0.2) is 5.58 Å². The number of halogens is 2. The summed E-state index contributed by atoms with van der Waals surface area (Å²) < 4.78 is 5.76. The number of nitro groups is 1. The van der Waals surface area contributed by atoms with Crippen LogP contribution < -0.4 is 5.32 Å². The first-order valence-corrected chi connectivity index (χ1v) is 9.50. The molecule has 1 N–H and O–H groups in total. The second kappa shape index (κ2) is 7.78. The predicted molar refractivity (Wildman–Crippen MR) is 115 cm³/mol. The molecule has 1 heterocycles. The van der Waals surface area contributed by atoms with Crippen LogP contribution in [0.15, 0.2) is 59.0 Å². The van der Waals surface area contributed by atoms with E-state index in [1.54, 1.807) is 43.3 Å². The number of nitrogens with one attached hydrogen (secondary N) is 1. The summed E-state index contributed by atoms with van der Waals surface area (Å²) in [5, 5.41) is 14.6. The molecule has 0 aliphatic carbocycles. The number of hydrogen-bond donors (Lipinski definition) is 1. The van der Waals surface area contributed by atoms with Crippen molar-refractivity contribution >= 4 is 51.6 Å². The van der Waals surface area contributed by atoms with Crippen LogP contribution in [-0.4, -0.2) is 15.8 Å². The minimum atomic E-state index is -0.495. The van der Waals surface area contributed by atoms with Crippen molar-refractivity contribution in [3.63, 3.8) is 0 Å². The van der Waals surface area contributed by atoms with E-state index in [-0.39, 0.29) is 11.3 Å². The molecule has 0 saturated heterocycles. The van der Waals surface area contributed by atoms with E-state index in [1.165, 1.54) is 18.2 Å². The van der Waals surface area contributed by atoms with Gasteiger partial charge in [-0.25, -0.2) is 4.98 Å². The first kappa shape index (κ1) is 19.9. The van der Waals surface area contributed by atoms with Gasteiger partial charge in [-0.15, -0.1) is 0 Å². The van der Waals surface area contributed by atoms with E-state index in [0.717, 1.165) is 0 Å². The molecule has 0 saturated carbocycles. The zero-order valence-electron chi connectivity index (χ0n) is 15.5. The maximum absolute atomic E-state index is 12.6. The first-order valence-electron chi connectivity index (χ1n) is 8.74. The number of rotatable bonds is 4. The summed E-state index contributed by atoms with van der Waals surface area (Å²) in [6.07, 6.45) is 0. The van der Waals surface area contributed by atoms with Crippen LogP contribution in [0.4, 0.5) is 11.4 Å². The molecule has 4 rings (SSSR count). The lowest BCUT2D eigenvalue weighted by Gasteiger charge is -2.09. The highest BCUT2D eigenvalue weighted by molar-refractivity contribution is 6.34. The third kappa shape index (κ3) is 3.85. The molecule has 0 unspecified atom stereocenters. The standard InChI is InChI=1S/C21H13Cl2N3O4/c1-11-8-12(3-6-18(11)26(28)29)20(27)24-16-9-13(2-5-15(16)23)21-25-17-10-14(22)4-7-19(17)30-21/h2-10H,1H3,(H,24,27). The molecule has 0 aliphatic heterocycles. The number of aromatic nitrogens is 1. The average Bonchev–Trinajstić information content (AvgIpc) is 3.12. The molecule has 0 bridgehead atoms. The molecular weight excluding hydrogens is 429 g/mol. The summed E-state index contributed by atoms with van der Waals surface area (Å²) in [5.74, 6) is -0.0954. The van der Waals surface area contributed by atoms with E-state index in [0.29, 0.717) is 43.9 Å². The predicted octanol–water partition coefficient (Wildman–Crippen LogP) is 6.27. The number of benzene rings is 3. The summed E-state index contributed by atoms with van der Waals surface area (Å²) in [4.78, 5) is 27.5. The lowest BCUT2D eigenvalue weighted by molar-refractivity contribution is -0.385. The van der Waals surface area contributed by atoms with Crippen molar-refractivity contribution in [2.45, 2.75) is 6.92 Å². The molecule has 30 heavy (non-hydrogen) atoms. The highest BCUT2D eigenvalue weighted by Crippen LogP contribution is 2.31. The molecule has 1 amide bonds. The van der Waals surface area contributed by atoms with Gasteiger partial charge >= 0.3 is 0 Å². The Bertz CT molecular complexity index is 1320. The molecule has 7 nitrogen and oxygen atoms in total. The number of oxazole rings is 1. The van der Waals surface area contributed by atoms with Crippen molar-refractivity contribution in [2.24, 2.45) is 0 Å². The van der Waals surface area contributed by atoms with E-state index in [9.17, 15) is 14.9 Å². The fourth-order valence-corrected chi connectivity index (χ4v) is 3.31. The highest BCUT2D eigenvalue weighted by Gasteiger charge is 2.16. The van der Waals surface area contributed by atoms with Crippen LogP contribution in [0, 0.1) is 17.0 Å². The summed E-state index contributed by atoms with van der Waals surface area (Å²) in [5.41, 5.74) is 2.77. The van der Waals surface area contributed by atoms with Crippen LogP contribution >= 0.6 is 23.2 Å². The Labute approximate surface area is 180 Å². The van der Waals surface area contributed by atoms with Gasteiger partial charge < -0.3 is 9.73 Å². The number of carbonyl (C=O) groups excluding carboxylic acids is 1. The number of aryl methyl sites for hydroxylation is 1. The largest absolute Gasteiger partial charge is 0.436 e. The smallest absolute Gasteiger partial charge is 0.272 e. The number of fused-ring (bicyclic) bond motifs is 1. The monoisotopic (exact) mass is 441 g/mol. The lowest BCUT2D eigenvalue weighted by Crippen LogP contribution is -2.12. The van der Waals surface area contributed by atoms with Crippen LogP contribution in [0.1, 0.15) is 15.9 Å². The molecule has 0 atom stereocenters. The van der Waals surface area contributed by atoms with Gasteiger partial charge in [0.05, 0.1) is 15.6 Å². The number of anilines is 1. The third-order valence-corrected chi connectivity index (χ3v) is 5.03. The van der Waals surface area contributed by atoms with Gasteiger partial charge in [-0.05, 0) is 55.5 Å². The first-order chi connectivity index (χ1) is 14.3. The Morgan fingerprint density at radius 3 is 2.63 bits per heavy atom. The Morgan fingerprint density at radius 2 is 1.90 bits per heavy atom. The van der Waals surface area contributed by atoms with Gasteiger partial charge in [-0.1, -0.05) is 23.2 Å². The summed E-state index contributed by atoms with van der Waals surface area (Å²) in [6.45, 7) is 1.57. The van der Waals surface area contributed by atoms with Crippen molar-refractivity contribution in [3.8, 4) is 11.5 Å². The zero-order valence-corrected chi connectivity index (χ0v) is 17.0. The molecule has 9 heteroatoms. The van der Waals surface area contributed by atoms with Gasteiger partial charge in [0.25, 0.3) is 11.6 Å². The Hall–Kier alpha value is -3.42. The number of hydrogen-bond acceptors (Lipinski definition) is 5. The van der Waals surface area contributed by atoms with Gasteiger partial charge in [-0.3, -0.25) is 14.9 Å². The van der Waals surface area contributed by atoms with Crippen molar-refractivity contribution in [1.29, 1.82) is 0 Å². The number of carbonyl (C=O) groups is 1. The highest BCUT2D eigenvalue weighted by atomic mass is 35.5. The number of nitrogens with zero attached hydrogens (tertiary/aromatic N) is 2. The SMILES string of the molecule is Cc1cc(C(=O)Nc2cc(-c3nc4cc(Cl)ccc4o3)ccc2Cl)ccc1[N+](=O)[O-]. The lowest BCUT2D eigenvalue weighted by atomic mass is 10.1. The topological polar surface area (TPSA) is 98.3 Å². The fraction of sp³-hybridized carbons (Fsp3) is 0.0476. The maximum atomic E-state index is 12.6. The number of amides is 1. The Morgan fingerprint density at radius 1 is 1.10 bits per heavy atom. The van der Waals surface area contributed by atoms with Crippen LogP contribution in [0.5, 0.6) is 0 Å². The zero-order chi connectivity index (χ0) is 21.4. The summed E-state index contributed by atoms with van der Waals surface area (Å²) in [6, 6.07) is 14.3. The Balaban J connectivity index is 1.64. The summed E-state index contributed by atoms with van der Waals surface area (Å²) >= 11 is 12.2. The molecule has 0 fully saturated rings. The van der Waals surface area contributed by atoms with Crippen molar-refractivity contribution in [3.05, 3.63) is 85.9 Å². The molecular formula is C21H13Cl2N3O4. The van der Waals surface area contributed by atoms with Crippen LogP contribution in [0.25, 0.3) is 22.6 Å². The second-order valence-corrected chi connectivity index (χ2v) is 7.38. The normalized spacial score (nSPS) is 10.9. The third-order valence-electron chi connectivity index (χ3n) is 4.47. The molecule has 0 radical (unpaired) electrons. The van der Waals surface area contributed by atoms with E-state index >= 15 is 0 Å². The molecule has 150 valence electrons. The Kier molecular flexibility index (Phi) is 5.15. The molecule has 0 spiro atoms. The number of nitro benzene ring substituents is 1. The van der Waals surface area contributed by atoms with Crippen molar-refractivity contribution < 1.29 is 14.1 Å². The maximum Gasteiger partial charge on any atom is 0.272 e. The average molecular weight is 442 g/mol. The summed E-state index contributed by atoms with van der Waals surface area (Å²) in [7, 11) is 0. The molecule has 3 aromatic carbocycles. The van der Waals surface area contributed by atoms with Crippen molar-refractivity contribution in [2.75, 3.05) is 5.32 Å².